The summed E-state index contributed by atoms with van der Waals surface area (Å²) in [6.45, 7) is 42.4. The highest BCUT2D eigenvalue weighted by atomic mass is 32.3. The summed E-state index contributed by atoms with van der Waals surface area (Å²) < 4.78 is 180. The summed E-state index contributed by atoms with van der Waals surface area (Å²) in [6, 6.07) is 1.83. The van der Waals surface area contributed by atoms with E-state index < -0.39 is 115 Å². The first kappa shape index (κ1) is 98.9. The number of nitriles is 1. The van der Waals surface area contributed by atoms with Crippen molar-refractivity contribution in [3.05, 3.63) is 104 Å². The SMILES string of the molecule is C=C(C(=O)OC)S(C)(=O)=O.C=C(C(=O)OCC)S(C)(=O)=O.C=C(C(C)=O)S(C)(=O)=O.C=C(C)C#N.C=C(C)CCCCC.C=C(CCCCC)C(=O)OC.C=C(CCCCC)S(C)(=O)=O.C=C(S(C)(=O)=O)S(C)(=O)=O.C=C(S(C)(=O)=O)S(C)(=O)=O. The van der Waals surface area contributed by atoms with Crippen LogP contribution in [0.4, 0.5) is 0 Å². The zero-order valence-electron chi connectivity index (χ0n) is 52.7. The third-order valence-corrected chi connectivity index (χ3v) is 20.3. The van der Waals surface area contributed by atoms with Crippen molar-refractivity contribution in [3.63, 3.8) is 0 Å². The van der Waals surface area contributed by atoms with E-state index in [1.54, 1.807) is 13.8 Å². The van der Waals surface area contributed by atoms with Gasteiger partial charge >= 0.3 is 17.9 Å². The van der Waals surface area contributed by atoms with Crippen LogP contribution in [0.5, 0.6) is 0 Å². The molecule has 0 heterocycles. The molecule has 0 radical (unpaired) electrons. The molecular formula is C53H95NO23S8. The minimum Gasteiger partial charge on any atom is -0.466 e. The van der Waals surface area contributed by atoms with Gasteiger partial charge < -0.3 is 14.2 Å². The number of methoxy groups -OCH3 is 2. The Hall–Kier alpha value is -5.17. The first-order valence-electron chi connectivity index (χ1n) is 24.6. The molecule has 24 nitrogen and oxygen atoms in total. The lowest BCUT2D eigenvalue weighted by Crippen LogP contribution is -2.13. The molecule has 0 spiro atoms. The van der Waals surface area contributed by atoms with E-state index in [-0.39, 0.29) is 17.5 Å². The molecule has 0 N–H and O–H groups in total. The van der Waals surface area contributed by atoms with Gasteiger partial charge in [0.15, 0.2) is 93.0 Å². The summed E-state index contributed by atoms with van der Waals surface area (Å²) in [7, 11) is -25.4. The molecule has 0 saturated heterocycles. The molecule has 0 unspecified atom stereocenters. The van der Waals surface area contributed by atoms with Gasteiger partial charge in [-0.3, -0.25) is 4.79 Å². The molecule has 0 aromatic carbocycles. The van der Waals surface area contributed by atoms with Crippen molar-refractivity contribution in [2.24, 2.45) is 0 Å². The maximum atomic E-state index is 10.8. The Morgan fingerprint density at radius 2 is 0.659 bits per heavy atom. The van der Waals surface area contributed by atoms with Crippen LogP contribution in [0, 0.1) is 11.3 Å². The normalized spacial score (nSPS) is 10.7. The van der Waals surface area contributed by atoms with Gasteiger partial charge in [-0.25, -0.2) is 81.7 Å². The number of rotatable bonds is 25. The van der Waals surface area contributed by atoms with E-state index in [9.17, 15) is 86.5 Å². The van der Waals surface area contributed by atoms with Crippen LogP contribution < -0.4 is 0 Å². The van der Waals surface area contributed by atoms with Crippen LogP contribution >= 0.6 is 0 Å². The van der Waals surface area contributed by atoms with Crippen molar-refractivity contribution in [1.29, 1.82) is 5.26 Å². The summed E-state index contributed by atoms with van der Waals surface area (Å²) in [6.07, 6.45) is 20.2. The number of ketones is 1. The molecule has 0 aliphatic rings. The van der Waals surface area contributed by atoms with Crippen molar-refractivity contribution in [1.82, 2.24) is 0 Å². The van der Waals surface area contributed by atoms with Crippen molar-refractivity contribution < 1.29 is 101 Å². The van der Waals surface area contributed by atoms with E-state index in [2.05, 4.69) is 101 Å². The Morgan fingerprint density at radius 1 is 0.388 bits per heavy atom. The van der Waals surface area contributed by atoms with Crippen LogP contribution in [0.25, 0.3) is 0 Å². The lowest BCUT2D eigenvalue weighted by molar-refractivity contribution is -0.138. The third kappa shape index (κ3) is 67.8. The fourth-order valence-electron chi connectivity index (χ4n) is 3.71. The lowest BCUT2D eigenvalue weighted by Gasteiger charge is -2.01. The molecule has 85 heavy (non-hydrogen) atoms. The van der Waals surface area contributed by atoms with Crippen LogP contribution in [0.3, 0.4) is 0 Å². The molecule has 498 valence electrons. The molecule has 0 aromatic heterocycles. The summed E-state index contributed by atoms with van der Waals surface area (Å²) in [5.41, 5.74) is 2.46. The van der Waals surface area contributed by atoms with Gasteiger partial charge in [0, 0.05) is 66.1 Å². The fraction of sp³-hybridized carbons (Fsp3) is 0.566. The number of Topliss-reactive ketones (excluding diaryl/α,β-unsaturated/α-hetero) is 1. The molecule has 0 bridgehead atoms. The predicted molar refractivity (Wildman–Crippen MR) is 342 cm³/mol. The van der Waals surface area contributed by atoms with Gasteiger partial charge in [0.1, 0.15) is 14.7 Å². The van der Waals surface area contributed by atoms with Gasteiger partial charge in [-0.1, -0.05) is 118 Å². The van der Waals surface area contributed by atoms with E-state index in [4.69, 9.17) is 5.26 Å². The predicted octanol–water partition coefficient (Wildman–Crippen LogP) is 7.70. The number of hydrogen-bond acceptors (Lipinski definition) is 24. The van der Waals surface area contributed by atoms with E-state index in [0.717, 1.165) is 95.8 Å². The number of esters is 3. The highest BCUT2D eigenvalue weighted by Crippen LogP contribution is 2.13. The Labute approximate surface area is 511 Å². The molecule has 0 aromatic rings. The van der Waals surface area contributed by atoms with E-state index in [1.807, 2.05) is 6.07 Å². The molecule has 0 aliphatic heterocycles. The smallest absolute Gasteiger partial charge is 0.349 e. The van der Waals surface area contributed by atoms with Crippen molar-refractivity contribution in [3.8, 4) is 6.07 Å². The highest BCUT2D eigenvalue weighted by Gasteiger charge is 2.21. The number of ether oxygens (including phenoxy) is 3. The fourth-order valence-corrected chi connectivity index (χ4v) is 9.89. The first-order valence-corrected chi connectivity index (χ1v) is 39.8. The second-order valence-corrected chi connectivity index (χ2v) is 34.7. The topological polar surface area (TPSA) is 393 Å². The second kappa shape index (κ2) is 48.9. The summed E-state index contributed by atoms with van der Waals surface area (Å²) in [4.78, 5) is 41.3. The number of sulfone groups is 8. The van der Waals surface area contributed by atoms with Crippen LogP contribution in [0.15, 0.2) is 104 Å². The van der Waals surface area contributed by atoms with E-state index in [1.165, 1.54) is 51.5 Å². The lowest BCUT2D eigenvalue weighted by atomic mass is 10.1. The number of hydrogen-bond donors (Lipinski definition) is 0. The standard InChI is InChI=1S/C9H16O2.C8H16O2S.C8H16.C6H10O4S.C5H8O4S.C5H8O3S.C4H5N.2C4H8O4S2/c1-4-5-6-7-8(2)9(10)11-3;1-4-5-6-7-8(2)11(3,9)10;1-4-5-6-7-8(2)3;1-4-10-6(7)5(2)11(3,8)9;1-4(5(6)9-2)10(3,7)8;1-4(6)5(2)9(3,7)8;1-4(2)3-5;2*1-4(9(2,5)6)10(3,7)8/h2*2,4-7H2,1,3H3;2,4-7H2,1,3H3;2,4H2,1,3H3;1H2,2-3H3;2H2,1,3H3;1H2,2H3;2*1H2,2-3H3. The molecule has 0 saturated carbocycles. The van der Waals surface area contributed by atoms with Crippen molar-refractivity contribution >= 4 is 102 Å². The quantitative estimate of drug-likeness (QED) is 0.0211. The number of unbranched alkanes of at least 4 members (excludes halogenated alkanes) is 6. The van der Waals surface area contributed by atoms with Gasteiger partial charge in [0.2, 0.25) is 0 Å². The largest absolute Gasteiger partial charge is 0.466 e. The zero-order valence-corrected chi connectivity index (χ0v) is 59.2. The van der Waals surface area contributed by atoms with Gasteiger partial charge in [-0.05, 0) is 66.2 Å². The molecule has 0 aliphatic carbocycles. The Balaban J connectivity index is -0.000000110. The Kier molecular flexibility index (Phi) is 56.9. The summed E-state index contributed by atoms with van der Waals surface area (Å²) >= 11 is 0. The average Bonchev–Trinajstić information content (AvgIpc) is 3.34. The number of allylic oxidation sites excluding steroid dienone is 4. The van der Waals surface area contributed by atoms with Gasteiger partial charge in [-0.2, -0.15) is 5.26 Å². The third-order valence-electron chi connectivity index (χ3n) is 8.84. The maximum Gasteiger partial charge on any atom is 0.349 e. The van der Waals surface area contributed by atoms with Gasteiger partial charge in [-0.15, -0.1) is 6.58 Å². The van der Waals surface area contributed by atoms with Crippen molar-refractivity contribution in [2.45, 2.75) is 126 Å². The van der Waals surface area contributed by atoms with E-state index in [0.29, 0.717) is 22.5 Å². The minimum atomic E-state index is -3.64. The van der Waals surface area contributed by atoms with Crippen LogP contribution in [-0.4, -0.2) is 162 Å². The molecular weight excluding hydrogens is 1280 g/mol. The van der Waals surface area contributed by atoms with Crippen molar-refractivity contribution in [2.75, 3.05) is 70.9 Å². The molecule has 0 fully saturated rings. The maximum absolute atomic E-state index is 10.8. The molecule has 0 rings (SSSR count). The Morgan fingerprint density at radius 3 is 0.824 bits per heavy atom. The number of nitrogens with zero attached hydrogens (tertiary/aromatic N) is 1. The zero-order chi connectivity index (χ0) is 70.5. The van der Waals surface area contributed by atoms with Crippen LogP contribution in [0.1, 0.15) is 126 Å². The Bertz CT molecular complexity index is 3130. The monoisotopic (exact) mass is 1370 g/mol. The summed E-state index contributed by atoms with van der Waals surface area (Å²) in [5.74, 6) is -2.57. The number of carbonyl (C=O) groups excluding carboxylic acids is 4. The van der Waals surface area contributed by atoms with E-state index >= 15 is 0 Å². The second-order valence-electron chi connectivity index (χ2n) is 17.8. The number of carbonyl (C=O) groups is 4. The molecule has 0 amide bonds. The summed E-state index contributed by atoms with van der Waals surface area (Å²) in [5, 5.41) is 7.79. The minimum absolute atomic E-state index is 0.146. The first-order chi connectivity index (χ1) is 37.7. The van der Waals surface area contributed by atoms with Gasteiger partial charge in [0.25, 0.3) is 0 Å². The molecule has 0 atom stereocenters. The van der Waals surface area contributed by atoms with Crippen LogP contribution in [0.2, 0.25) is 0 Å². The average molecular weight is 1370 g/mol. The highest BCUT2D eigenvalue weighted by molar-refractivity contribution is 8.14. The van der Waals surface area contributed by atoms with Crippen LogP contribution in [-0.2, 0) is 112 Å². The van der Waals surface area contributed by atoms with Gasteiger partial charge in [0.05, 0.1) is 26.9 Å². The molecule has 32 heteroatoms.